The Bertz CT molecular complexity index is 1020. The Kier molecular flexibility index (Phi) is 6.16. The SMILES string of the molecule is COc1cc2ccccc2cc1C(=O)OCC(=O)N[C@H](C)c1ccccc1Cl. The Labute approximate surface area is 168 Å². The average molecular weight is 398 g/mol. The Morgan fingerprint density at radius 1 is 1.04 bits per heavy atom. The number of carbonyl (C=O) groups excluding carboxylic acids is 2. The number of benzene rings is 3. The van der Waals surface area contributed by atoms with Crippen molar-refractivity contribution < 1.29 is 19.1 Å². The summed E-state index contributed by atoms with van der Waals surface area (Å²) in [4.78, 5) is 24.7. The number of carbonyl (C=O) groups is 2. The molecule has 0 saturated carbocycles. The van der Waals surface area contributed by atoms with Gasteiger partial charge in [-0.1, -0.05) is 54.1 Å². The van der Waals surface area contributed by atoms with Gasteiger partial charge in [-0.25, -0.2) is 4.79 Å². The summed E-state index contributed by atoms with van der Waals surface area (Å²) in [5.74, 6) is -0.641. The summed E-state index contributed by atoms with van der Waals surface area (Å²) < 4.78 is 10.5. The third-order valence-corrected chi connectivity index (χ3v) is 4.72. The molecule has 0 aromatic heterocycles. The predicted molar refractivity (Wildman–Crippen MR) is 109 cm³/mol. The average Bonchev–Trinajstić information content (AvgIpc) is 2.71. The van der Waals surface area contributed by atoms with Crippen molar-refractivity contribution in [3.8, 4) is 5.75 Å². The summed E-state index contributed by atoms with van der Waals surface area (Å²) in [7, 11) is 1.48. The van der Waals surface area contributed by atoms with Crippen LogP contribution in [-0.2, 0) is 9.53 Å². The highest BCUT2D eigenvalue weighted by atomic mass is 35.5. The van der Waals surface area contributed by atoms with Crippen LogP contribution in [0.2, 0.25) is 5.02 Å². The molecule has 28 heavy (non-hydrogen) atoms. The van der Waals surface area contributed by atoms with E-state index in [4.69, 9.17) is 21.1 Å². The number of nitrogens with one attached hydrogen (secondary N) is 1. The number of fused-ring (bicyclic) bond motifs is 1. The van der Waals surface area contributed by atoms with Crippen LogP contribution in [0, 0.1) is 0 Å². The van der Waals surface area contributed by atoms with Crippen LogP contribution >= 0.6 is 11.6 Å². The number of hydrogen-bond donors (Lipinski definition) is 1. The van der Waals surface area contributed by atoms with Crippen molar-refractivity contribution in [3.63, 3.8) is 0 Å². The summed E-state index contributed by atoms with van der Waals surface area (Å²) in [5.41, 5.74) is 1.06. The lowest BCUT2D eigenvalue weighted by Gasteiger charge is -2.16. The molecule has 144 valence electrons. The largest absolute Gasteiger partial charge is 0.496 e. The lowest BCUT2D eigenvalue weighted by atomic mass is 10.1. The van der Waals surface area contributed by atoms with Crippen LogP contribution < -0.4 is 10.1 Å². The second-order valence-corrected chi connectivity index (χ2v) is 6.69. The maximum atomic E-state index is 12.5. The molecule has 0 saturated heterocycles. The highest BCUT2D eigenvalue weighted by Crippen LogP contribution is 2.26. The van der Waals surface area contributed by atoms with Crippen molar-refractivity contribution in [2.45, 2.75) is 13.0 Å². The molecule has 0 heterocycles. The van der Waals surface area contributed by atoms with Crippen LogP contribution in [0.1, 0.15) is 28.9 Å². The number of methoxy groups -OCH3 is 1. The molecule has 3 rings (SSSR count). The second-order valence-electron chi connectivity index (χ2n) is 6.29. The molecule has 0 unspecified atom stereocenters. The maximum absolute atomic E-state index is 12.5. The van der Waals surface area contributed by atoms with E-state index in [1.165, 1.54) is 7.11 Å². The minimum absolute atomic E-state index is 0.271. The van der Waals surface area contributed by atoms with E-state index in [0.717, 1.165) is 16.3 Å². The number of hydrogen-bond acceptors (Lipinski definition) is 4. The van der Waals surface area contributed by atoms with E-state index in [0.29, 0.717) is 10.8 Å². The van der Waals surface area contributed by atoms with E-state index in [1.807, 2.05) is 49.4 Å². The van der Waals surface area contributed by atoms with Crippen molar-refractivity contribution in [1.29, 1.82) is 0 Å². The van der Waals surface area contributed by atoms with Gasteiger partial charge in [0.05, 0.1) is 13.2 Å². The smallest absolute Gasteiger partial charge is 0.342 e. The van der Waals surface area contributed by atoms with Gasteiger partial charge in [-0.05, 0) is 41.5 Å². The Hall–Kier alpha value is -3.05. The van der Waals surface area contributed by atoms with Crippen molar-refractivity contribution in [2.75, 3.05) is 13.7 Å². The molecule has 0 aliphatic carbocycles. The molecule has 3 aromatic carbocycles. The van der Waals surface area contributed by atoms with E-state index < -0.39 is 18.5 Å². The molecule has 1 N–H and O–H groups in total. The first-order valence-corrected chi connectivity index (χ1v) is 9.15. The van der Waals surface area contributed by atoms with E-state index >= 15 is 0 Å². The number of amides is 1. The minimum Gasteiger partial charge on any atom is -0.496 e. The van der Waals surface area contributed by atoms with Crippen molar-refractivity contribution in [2.24, 2.45) is 0 Å². The molecule has 1 atom stereocenters. The van der Waals surface area contributed by atoms with Gasteiger partial charge in [0.25, 0.3) is 5.91 Å². The summed E-state index contributed by atoms with van der Waals surface area (Å²) in [6, 6.07) is 18.0. The zero-order chi connectivity index (χ0) is 20.1. The molecule has 0 bridgehead atoms. The van der Waals surface area contributed by atoms with Crippen LogP contribution in [0.15, 0.2) is 60.7 Å². The van der Waals surface area contributed by atoms with E-state index in [1.54, 1.807) is 18.2 Å². The summed E-state index contributed by atoms with van der Waals surface area (Å²) in [5, 5.41) is 5.16. The van der Waals surface area contributed by atoms with Crippen LogP contribution in [0.4, 0.5) is 0 Å². The molecule has 0 spiro atoms. The van der Waals surface area contributed by atoms with Gasteiger partial charge in [0.15, 0.2) is 6.61 Å². The lowest BCUT2D eigenvalue weighted by Crippen LogP contribution is -2.31. The quantitative estimate of drug-likeness (QED) is 0.620. The van der Waals surface area contributed by atoms with Crippen LogP contribution in [0.3, 0.4) is 0 Å². The monoisotopic (exact) mass is 397 g/mol. The van der Waals surface area contributed by atoms with Crippen molar-refractivity contribution in [3.05, 3.63) is 76.8 Å². The van der Waals surface area contributed by atoms with Gasteiger partial charge in [-0.15, -0.1) is 0 Å². The Balaban J connectivity index is 1.66. The minimum atomic E-state index is -0.622. The number of halogens is 1. The molecular weight excluding hydrogens is 378 g/mol. The summed E-state index contributed by atoms with van der Waals surface area (Å²) in [6.07, 6.45) is 0. The number of esters is 1. The standard InChI is InChI=1S/C22H20ClNO4/c1-14(17-9-5-6-10-19(17)23)24-21(25)13-28-22(26)18-11-15-7-3-4-8-16(15)12-20(18)27-2/h3-12,14H,13H2,1-2H3,(H,24,25)/t14-/m1/s1. The zero-order valence-electron chi connectivity index (χ0n) is 15.6. The molecule has 0 fully saturated rings. The molecule has 1 amide bonds. The molecule has 5 nitrogen and oxygen atoms in total. The summed E-state index contributed by atoms with van der Waals surface area (Å²) in [6.45, 7) is 1.41. The van der Waals surface area contributed by atoms with Gasteiger partial charge in [-0.3, -0.25) is 4.79 Å². The Morgan fingerprint density at radius 2 is 1.68 bits per heavy atom. The topological polar surface area (TPSA) is 64.6 Å². The molecule has 0 aliphatic heterocycles. The first kappa shape index (κ1) is 19.7. The van der Waals surface area contributed by atoms with Gasteiger partial charge in [-0.2, -0.15) is 0 Å². The van der Waals surface area contributed by atoms with Gasteiger partial charge in [0, 0.05) is 5.02 Å². The second kappa shape index (κ2) is 8.76. The van der Waals surface area contributed by atoms with Crippen LogP contribution in [-0.4, -0.2) is 25.6 Å². The highest BCUT2D eigenvalue weighted by Gasteiger charge is 2.18. The number of rotatable bonds is 6. The fraction of sp³-hybridized carbons (Fsp3) is 0.182. The summed E-state index contributed by atoms with van der Waals surface area (Å²) >= 11 is 6.14. The number of ether oxygens (including phenoxy) is 2. The molecule has 0 aliphatic rings. The Morgan fingerprint density at radius 3 is 2.36 bits per heavy atom. The zero-order valence-corrected chi connectivity index (χ0v) is 16.3. The predicted octanol–water partition coefficient (Wildman–Crippen LogP) is 4.54. The highest BCUT2D eigenvalue weighted by molar-refractivity contribution is 6.31. The first-order chi connectivity index (χ1) is 13.5. The van der Waals surface area contributed by atoms with Gasteiger partial charge < -0.3 is 14.8 Å². The molecule has 0 radical (unpaired) electrons. The fourth-order valence-electron chi connectivity index (χ4n) is 2.94. The van der Waals surface area contributed by atoms with Gasteiger partial charge in [0.2, 0.25) is 0 Å². The molecular formula is C22H20ClNO4. The van der Waals surface area contributed by atoms with Crippen LogP contribution in [0.5, 0.6) is 5.75 Å². The first-order valence-electron chi connectivity index (χ1n) is 8.77. The molecule has 3 aromatic rings. The van der Waals surface area contributed by atoms with E-state index in [9.17, 15) is 9.59 Å². The van der Waals surface area contributed by atoms with Gasteiger partial charge in [0.1, 0.15) is 11.3 Å². The third-order valence-electron chi connectivity index (χ3n) is 4.37. The van der Waals surface area contributed by atoms with E-state index in [2.05, 4.69) is 5.32 Å². The maximum Gasteiger partial charge on any atom is 0.342 e. The molecule has 6 heteroatoms. The normalized spacial score (nSPS) is 11.7. The van der Waals surface area contributed by atoms with Crippen LogP contribution in [0.25, 0.3) is 10.8 Å². The fourth-order valence-corrected chi connectivity index (χ4v) is 3.24. The van der Waals surface area contributed by atoms with Crippen molar-refractivity contribution >= 4 is 34.2 Å². The third kappa shape index (κ3) is 4.43. The van der Waals surface area contributed by atoms with Crippen molar-refractivity contribution in [1.82, 2.24) is 5.32 Å². The lowest BCUT2D eigenvalue weighted by molar-refractivity contribution is -0.124. The van der Waals surface area contributed by atoms with Gasteiger partial charge >= 0.3 is 5.97 Å². The van der Waals surface area contributed by atoms with E-state index in [-0.39, 0.29) is 11.6 Å².